The molecule has 9 nitrogen and oxygen atoms in total. The van der Waals surface area contributed by atoms with E-state index in [2.05, 4.69) is 10.4 Å². The van der Waals surface area contributed by atoms with Crippen LogP contribution in [0.25, 0.3) is 0 Å². The molecule has 0 unspecified atom stereocenters. The lowest BCUT2D eigenvalue weighted by molar-refractivity contribution is -0.153. The second-order valence-corrected chi connectivity index (χ2v) is 6.85. The molecule has 152 valence electrons. The highest BCUT2D eigenvalue weighted by molar-refractivity contribution is 6.21. The maximum atomic E-state index is 12.3. The average Bonchev–Trinajstić information content (AvgIpc) is 3.07. The quantitative estimate of drug-likeness (QED) is 0.584. The number of rotatable bonds is 6. The monoisotopic (exact) mass is 398 g/mol. The fourth-order valence-corrected chi connectivity index (χ4v) is 3.13. The predicted octanol–water partition coefficient (Wildman–Crippen LogP) is 1.59. The number of fused-ring (bicyclic) bond motifs is 1. The minimum Gasteiger partial charge on any atom is -0.452 e. The van der Waals surface area contributed by atoms with Gasteiger partial charge >= 0.3 is 5.97 Å². The number of ether oxygens (including phenoxy) is 1. The van der Waals surface area contributed by atoms with E-state index in [0.29, 0.717) is 22.5 Å². The Morgan fingerprint density at radius 1 is 1.14 bits per heavy atom. The Bertz CT molecular complexity index is 975. The number of nitrogens with zero attached hydrogens (tertiary/aromatic N) is 3. The van der Waals surface area contributed by atoms with Crippen molar-refractivity contribution in [3.8, 4) is 0 Å². The van der Waals surface area contributed by atoms with Crippen LogP contribution in [0.15, 0.2) is 24.3 Å². The molecule has 0 saturated carbocycles. The summed E-state index contributed by atoms with van der Waals surface area (Å²) < 4.78 is 6.79. The van der Waals surface area contributed by atoms with Gasteiger partial charge in [-0.25, -0.2) is 0 Å². The van der Waals surface area contributed by atoms with Gasteiger partial charge < -0.3 is 10.1 Å². The molecule has 1 aliphatic rings. The number of hydrogen-bond donors (Lipinski definition) is 1. The van der Waals surface area contributed by atoms with Crippen LogP contribution >= 0.6 is 0 Å². The van der Waals surface area contributed by atoms with Crippen LogP contribution in [0.2, 0.25) is 0 Å². The van der Waals surface area contributed by atoms with E-state index in [1.54, 1.807) is 42.9 Å². The number of imide groups is 1. The summed E-state index contributed by atoms with van der Waals surface area (Å²) in [7, 11) is 1.76. The number of aromatic nitrogens is 2. The molecule has 1 aliphatic heterocycles. The van der Waals surface area contributed by atoms with Crippen LogP contribution in [0, 0.1) is 13.8 Å². The molecule has 0 spiro atoms. The largest absolute Gasteiger partial charge is 0.452 e. The van der Waals surface area contributed by atoms with Gasteiger partial charge in [-0.15, -0.1) is 0 Å². The third kappa shape index (κ3) is 3.89. The van der Waals surface area contributed by atoms with Crippen molar-refractivity contribution in [3.63, 3.8) is 0 Å². The summed E-state index contributed by atoms with van der Waals surface area (Å²) in [6.45, 7) is 4.92. The van der Waals surface area contributed by atoms with E-state index in [0.717, 1.165) is 10.6 Å². The summed E-state index contributed by atoms with van der Waals surface area (Å²) in [5.74, 6) is -2.04. The number of nitrogens with one attached hydrogen (secondary N) is 1. The SMILES string of the molecule is Cc1nn(C)c(C)c1NC(=O)[C@@H](C)OC(=O)CCN1C(=O)c2ccccc2C1=O. The Balaban J connectivity index is 1.54. The summed E-state index contributed by atoms with van der Waals surface area (Å²) in [5, 5.41) is 6.92. The van der Waals surface area contributed by atoms with E-state index in [-0.39, 0.29) is 13.0 Å². The van der Waals surface area contributed by atoms with Crippen LogP contribution in [0.5, 0.6) is 0 Å². The second kappa shape index (κ2) is 7.86. The standard InChI is InChI=1S/C20H22N4O5/c1-11-17(12(2)23(4)22-11)21-18(26)13(3)29-16(25)9-10-24-19(27)14-7-5-6-8-15(14)20(24)28/h5-8,13H,9-10H2,1-4H3,(H,21,26)/t13-/m1/s1. The van der Waals surface area contributed by atoms with Crippen LogP contribution in [-0.2, 0) is 21.4 Å². The third-order valence-electron chi connectivity index (χ3n) is 4.85. The fourth-order valence-electron chi connectivity index (χ4n) is 3.13. The summed E-state index contributed by atoms with van der Waals surface area (Å²) in [6, 6.07) is 6.49. The molecule has 1 atom stereocenters. The molecule has 0 radical (unpaired) electrons. The first-order valence-electron chi connectivity index (χ1n) is 9.16. The van der Waals surface area contributed by atoms with Crippen molar-refractivity contribution in [2.45, 2.75) is 33.3 Å². The van der Waals surface area contributed by atoms with Gasteiger partial charge in [0.15, 0.2) is 6.10 Å². The highest BCUT2D eigenvalue weighted by atomic mass is 16.5. The fraction of sp³-hybridized carbons (Fsp3) is 0.350. The van der Waals surface area contributed by atoms with E-state index < -0.39 is 29.8 Å². The van der Waals surface area contributed by atoms with Crippen molar-refractivity contribution in [1.82, 2.24) is 14.7 Å². The lowest BCUT2D eigenvalue weighted by Gasteiger charge is -2.16. The topological polar surface area (TPSA) is 111 Å². The molecule has 0 bridgehead atoms. The zero-order valence-electron chi connectivity index (χ0n) is 16.7. The van der Waals surface area contributed by atoms with Crippen molar-refractivity contribution in [1.29, 1.82) is 0 Å². The van der Waals surface area contributed by atoms with Gasteiger partial charge in [0, 0.05) is 13.6 Å². The minimum absolute atomic E-state index is 0.111. The summed E-state index contributed by atoms with van der Waals surface area (Å²) >= 11 is 0. The van der Waals surface area contributed by atoms with Crippen molar-refractivity contribution in [2.24, 2.45) is 7.05 Å². The number of anilines is 1. The summed E-state index contributed by atoms with van der Waals surface area (Å²) in [5.41, 5.74) is 2.65. The van der Waals surface area contributed by atoms with Gasteiger partial charge in [0.2, 0.25) is 0 Å². The Labute approximate surface area is 167 Å². The number of hydrogen-bond acceptors (Lipinski definition) is 6. The van der Waals surface area contributed by atoms with Crippen molar-refractivity contribution in [3.05, 3.63) is 46.8 Å². The molecule has 1 N–H and O–H groups in total. The van der Waals surface area contributed by atoms with E-state index in [1.165, 1.54) is 6.92 Å². The second-order valence-electron chi connectivity index (χ2n) is 6.85. The van der Waals surface area contributed by atoms with E-state index in [9.17, 15) is 19.2 Å². The molecular formula is C20H22N4O5. The normalized spacial score (nSPS) is 14.0. The van der Waals surface area contributed by atoms with Gasteiger partial charge in [-0.1, -0.05) is 12.1 Å². The molecular weight excluding hydrogens is 376 g/mol. The number of benzene rings is 1. The van der Waals surface area contributed by atoms with E-state index >= 15 is 0 Å². The van der Waals surface area contributed by atoms with Gasteiger partial charge in [0.1, 0.15) is 0 Å². The molecule has 1 aromatic carbocycles. The number of esters is 1. The first-order chi connectivity index (χ1) is 13.7. The zero-order chi connectivity index (χ0) is 21.3. The molecule has 0 saturated heterocycles. The van der Waals surface area contributed by atoms with Gasteiger partial charge in [0.05, 0.1) is 34.6 Å². The molecule has 0 aliphatic carbocycles. The van der Waals surface area contributed by atoms with E-state index in [1.807, 2.05) is 6.92 Å². The van der Waals surface area contributed by atoms with Crippen molar-refractivity contribution < 1.29 is 23.9 Å². The van der Waals surface area contributed by atoms with Crippen LogP contribution in [0.3, 0.4) is 0 Å². The lowest BCUT2D eigenvalue weighted by Crippen LogP contribution is -2.34. The molecule has 3 amide bonds. The zero-order valence-corrected chi connectivity index (χ0v) is 16.7. The van der Waals surface area contributed by atoms with Crippen LogP contribution in [-0.4, -0.2) is 51.0 Å². The van der Waals surface area contributed by atoms with Crippen molar-refractivity contribution >= 4 is 29.4 Å². The summed E-state index contributed by atoms with van der Waals surface area (Å²) in [6.07, 6.45) is -1.24. The average molecular weight is 398 g/mol. The Kier molecular flexibility index (Phi) is 5.49. The van der Waals surface area contributed by atoms with Crippen LogP contribution in [0.1, 0.15) is 45.4 Å². The first-order valence-corrected chi connectivity index (χ1v) is 9.16. The summed E-state index contributed by atoms with van der Waals surface area (Å²) in [4.78, 5) is 50.1. The highest BCUT2D eigenvalue weighted by Gasteiger charge is 2.35. The molecule has 2 heterocycles. The van der Waals surface area contributed by atoms with Crippen LogP contribution in [0.4, 0.5) is 5.69 Å². The minimum atomic E-state index is -1.04. The third-order valence-corrected chi connectivity index (χ3v) is 4.85. The molecule has 0 fully saturated rings. The Hall–Kier alpha value is -3.49. The molecule has 9 heteroatoms. The predicted molar refractivity (Wildman–Crippen MR) is 103 cm³/mol. The van der Waals surface area contributed by atoms with E-state index in [4.69, 9.17) is 4.74 Å². The number of amides is 3. The van der Waals surface area contributed by atoms with Gasteiger partial charge in [0.25, 0.3) is 17.7 Å². The maximum absolute atomic E-state index is 12.3. The molecule has 1 aromatic heterocycles. The van der Waals surface area contributed by atoms with Gasteiger partial charge in [-0.05, 0) is 32.9 Å². The Morgan fingerprint density at radius 2 is 1.72 bits per heavy atom. The highest BCUT2D eigenvalue weighted by Crippen LogP contribution is 2.22. The molecule has 3 rings (SSSR count). The van der Waals surface area contributed by atoms with Crippen LogP contribution < -0.4 is 5.32 Å². The van der Waals surface area contributed by atoms with Crippen molar-refractivity contribution in [2.75, 3.05) is 11.9 Å². The number of carbonyl (C=O) groups excluding carboxylic acids is 4. The smallest absolute Gasteiger partial charge is 0.308 e. The number of carbonyl (C=O) groups is 4. The first kappa shape index (κ1) is 20.2. The van der Waals surface area contributed by atoms with Gasteiger partial charge in [-0.3, -0.25) is 28.8 Å². The molecule has 2 aromatic rings. The number of aryl methyl sites for hydroxylation is 2. The molecule has 29 heavy (non-hydrogen) atoms. The Morgan fingerprint density at radius 3 is 2.24 bits per heavy atom. The maximum Gasteiger partial charge on any atom is 0.308 e. The van der Waals surface area contributed by atoms with Gasteiger partial charge in [-0.2, -0.15) is 5.10 Å². The lowest BCUT2D eigenvalue weighted by atomic mass is 10.1.